The van der Waals surface area contributed by atoms with Crippen molar-refractivity contribution in [3.05, 3.63) is 23.8 Å². The van der Waals surface area contributed by atoms with E-state index in [-0.39, 0.29) is 5.96 Å². The number of aliphatic imine (C=N–C) groups is 1. The van der Waals surface area contributed by atoms with Gasteiger partial charge in [-0.2, -0.15) is 5.26 Å². The summed E-state index contributed by atoms with van der Waals surface area (Å²) in [7, 11) is 1.55. The summed E-state index contributed by atoms with van der Waals surface area (Å²) in [5.74, 6) is 0.657. The van der Waals surface area contributed by atoms with Crippen molar-refractivity contribution in [2.75, 3.05) is 7.11 Å². The largest absolute Gasteiger partial charge is 0.494 e. The second-order valence-corrected chi connectivity index (χ2v) is 2.91. The number of rotatable bonds is 2. The predicted molar refractivity (Wildman–Crippen MR) is 57.8 cm³/mol. The summed E-state index contributed by atoms with van der Waals surface area (Å²) in [5, 5.41) is 10.6. The Bertz CT molecular complexity index is 420. The van der Waals surface area contributed by atoms with Gasteiger partial charge in [0.05, 0.1) is 7.11 Å². The van der Waals surface area contributed by atoms with E-state index in [1.54, 1.807) is 19.4 Å². The quantitative estimate of drug-likeness (QED) is 0.326. The molecule has 5 heteroatoms. The standard InChI is InChI=1S/C10H12N4O/c1-7-3-4-9(15-2)8(5-7)14-10(12)13-6-11/h3-5H,1-2H3,(H3,12,13,14). The number of guanidine groups is 1. The SMILES string of the molecule is COc1ccc(C)cc1N=C(N)NC#N. The molecule has 0 fully saturated rings. The molecule has 0 bridgehead atoms. The van der Waals surface area contributed by atoms with Crippen molar-refractivity contribution in [1.82, 2.24) is 5.32 Å². The molecule has 0 saturated carbocycles. The van der Waals surface area contributed by atoms with E-state index >= 15 is 0 Å². The van der Waals surface area contributed by atoms with Gasteiger partial charge in [0.15, 0.2) is 6.19 Å². The highest BCUT2D eigenvalue weighted by Crippen LogP contribution is 2.27. The minimum Gasteiger partial charge on any atom is -0.494 e. The molecule has 1 aromatic carbocycles. The van der Waals surface area contributed by atoms with Gasteiger partial charge < -0.3 is 10.5 Å². The maximum Gasteiger partial charge on any atom is 0.207 e. The lowest BCUT2D eigenvalue weighted by Crippen LogP contribution is -2.26. The average molecular weight is 204 g/mol. The number of ether oxygens (including phenoxy) is 1. The minimum atomic E-state index is 0.0430. The van der Waals surface area contributed by atoms with Gasteiger partial charge in [-0.1, -0.05) is 6.07 Å². The van der Waals surface area contributed by atoms with Crippen LogP contribution in [0.5, 0.6) is 5.75 Å². The van der Waals surface area contributed by atoms with Crippen molar-refractivity contribution in [3.63, 3.8) is 0 Å². The van der Waals surface area contributed by atoms with Crippen LogP contribution in [-0.2, 0) is 0 Å². The Hall–Kier alpha value is -2.22. The highest BCUT2D eigenvalue weighted by atomic mass is 16.5. The molecule has 5 nitrogen and oxygen atoms in total. The number of methoxy groups -OCH3 is 1. The lowest BCUT2D eigenvalue weighted by molar-refractivity contribution is 0.416. The van der Waals surface area contributed by atoms with Gasteiger partial charge in [-0.05, 0) is 24.6 Å². The lowest BCUT2D eigenvalue weighted by atomic mass is 10.2. The third-order valence-corrected chi connectivity index (χ3v) is 1.76. The lowest BCUT2D eigenvalue weighted by Gasteiger charge is -2.05. The van der Waals surface area contributed by atoms with E-state index in [4.69, 9.17) is 15.7 Å². The molecule has 0 radical (unpaired) electrons. The number of benzene rings is 1. The summed E-state index contributed by atoms with van der Waals surface area (Å²) < 4.78 is 5.11. The summed E-state index contributed by atoms with van der Waals surface area (Å²) in [6, 6.07) is 5.53. The summed E-state index contributed by atoms with van der Waals surface area (Å²) >= 11 is 0. The monoisotopic (exact) mass is 204 g/mol. The second kappa shape index (κ2) is 4.86. The number of nitriles is 1. The zero-order chi connectivity index (χ0) is 11.3. The predicted octanol–water partition coefficient (Wildman–Crippen LogP) is 1.02. The normalized spacial score (nSPS) is 10.6. The fourth-order valence-corrected chi connectivity index (χ4v) is 1.10. The summed E-state index contributed by atoms with van der Waals surface area (Å²) in [4.78, 5) is 4.02. The van der Waals surface area contributed by atoms with Crippen LogP contribution < -0.4 is 15.8 Å². The van der Waals surface area contributed by atoms with Gasteiger partial charge >= 0.3 is 0 Å². The number of nitrogens with two attached hydrogens (primary N) is 1. The topological polar surface area (TPSA) is 83.4 Å². The maximum absolute atomic E-state index is 8.34. The summed E-state index contributed by atoms with van der Waals surface area (Å²) in [6.07, 6.45) is 1.69. The van der Waals surface area contributed by atoms with Gasteiger partial charge in [-0.3, -0.25) is 5.32 Å². The van der Waals surface area contributed by atoms with Gasteiger partial charge in [0, 0.05) is 0 Å². The van der Waals surface area contributed by atoms with E-state index in [0.29, 0.717) is 11.4 Å². The van der Waals surface area contributed by atoms with E-state index in [0.717, 1.165) is 5.56 Å². The van der Waals surface area contributed by atoms with Crippen LogP contribution in [0.15, 0.2) is 23.2 Å². The maximum atomic E-state index is 8.34. The van der Waals surface area contributed by atoms with Crippen molar-refractivity contribution in [3.8, 4) is 11.9 Å². The first-order chi connectivity index (χ1) is 7.17. The molecule has 0 amide bonds. The first-order valence-electron chi connectivity index (χ1n) is 4.31. The Kier molecular flexibility index (Phi) is 3.52. The van der Waals surface area contributed by atoms with E-state index in [2.05, 4.69) is 10.3 Å². The van der Waals surface area contributed by atoms with Gasteiger partial charge in [-0.15, -0.1) is 0 Å². The Morgan fingerprint density at radius 2 is 2.33 bits per heavy atom. The summed E-state index contributed by atoms with van der Waals surface area (Å²) in [5.41, 5.74) is 7.09. The molecular formula is C10H12N4O. The third-order valence-electron chi connectivity index (χ3n) is 1.76. The Morgan fingerprint density at radius 1 is 1.60 bits per heavy atom. The van der Waals surface area contributed by atoms with Crippen LogP contribution in [0.25, 0.3) is 0 Å². The van der Waals surface area contributed by atoms with Crippen LogP contribution in [-0.4, -0.2) is 13.1 Å². The number of nitrogens with one attached hydrogen (secondary N) is 1. The van der Waals surface area contributed by atoms with Crippen molar-refractivity contribution in [1.29, 1.82) is 5.26 Å². The first kappa shape index (κ1) is 10.9. The molecule has 3 N–H and O–H groups in total. The molecule has 0 atom stereocenters. The van der Waals surface area contributed by atoms with Gasteiger partial charge in [0.2, 0.25) is 5.96 Å². The van der Waals surface area contributed by atoms with Gasteiger partial charge in [0.1, 0.15) is 11.4 Å². The van der Waals surface area contributed by atoms with Crippen LogP contribution in [0.1, 0.15) is 5.56 Å². The molecule has 0 saturated heterocycles. The Labute approximate surface area is 88.2 Å². The smallest absolute Gasteiger partial charge is 0.207 e. The first-order valence-corrected chi connectivity index (χ1v) is 4.31. The molecule has 1 aromatic rings. The number of aryl methyl sites for hydroxylation is 1. The van der Waals surface area contributed by atoms with Crippen LogP contribution >= 0.6 is 0 Å². The highest BCUT2D eigenvalue weighted by Gasteiger charge is 2.02. The van der Waals surface area contributed by atoms with Crippen LogP contribution in [0.3, 0.4) is 0 Å². The Morgan fingerprint density at radius 3 is 2.93 bits per heavy atom. The number of nitrogens with zero attached hydrogens (tertiary/aromatic N) is 2. The zero-order valence-electron chi connectivity index (χ0n) is 8.61. The van der Waals surface area contributed by atoms with Crippen molar-refractivity contribution in [2.45, 2.75) is 6.92 Å². The molecule has 0 aliphatic rings. The van der Waals surface area contributed by atoms with E-state index in [1.807, 2.05) is 19.1 Å². The number of hydrogen-bond donors (Lipinski definition) is 2. The van der Waals surface area contributed by atoms with Gasteiger partial charge in [0.25, 0.3) is 0 Å². The molecule has 0 heterocycles. The molecule has 15 heavy (non-hydrogen) atoms. The zero-order valence-corrected chi connectivity index (χ0v) is 8.61. The summed E-state index contributed by atoms with van der Waals surface area (Å²) in [6.45, 7) is 1.94. The molecule has 0 unspecified atom stereocenters. The van der Waals surface area contributed by atoms with E-state index in [9.17, 15) is 0 Å². The van der Waals surface area contributed by atoms with Crippen molar-refractivity contribution < 1.29 is 4.74 Å². The van der Waals surface area contributed by atoms with Crippen molar-refractivity contribution >= 4 is 11.6 Å². The minimum absolute atomic E-state index is 0.0430. The molecule has 78 valence electrons. The molecule has 0 aliphatic carbocycles. The van der Waals surface area contributed by atoms with Crippen LogP contribution in [0.2, 0.25) is 0 Å². The van der Waals surface area contributed by atoms with E-state index in [1.165, 1.54) is 0 Å². The second-order valence-electron chi connectivity index (χ2n) is 2.91. The fourth-order valence-electron chi connectivity index (χ4n) is 1.10. The Balaban J connectivity index is 3.07. The fraction of sp³-hybridized carbons (Fsp3) is 0.200. The molecule has 1 rings (SSSR count). The molecular weight excluding hydrogens is 192 g/mol. The molecule has 0 aliphatic heterocycles. The van der Waals surface area contributed by atoms with Crippen LogP contribution in [0.4, 0.5) is 5.69 Å². The third kappa shape index (κ3) is 2.88. The van der Waals surface area contributed by atoms with E-state index < -0.39 is 0 Å². The number of hydrogen-bond acceptors (Lipinski definition) is 3. The molecule has 0 spiro atoms. The van der Waals surface area contributed by atoms with Crippen molar-refractivity contribution in [2.24, 2.45) is 10.7 Å². The van der Waals surface area contributed by atoms with Gasteiger partial charge in [-0.25, -0.2) is 4.99 Å². The highest BCUT2D eigenvalue weighted by molar-refractivity contribution is 5.83. The van der Waals surface area contributed by atoms with Crippen LogP contribution in [0, 0.1) is 18.4 Å². The average Bonchev–Trinajstić information content (AvgIpc) is 2.18. The molecule has 0 aromatic heterocycles.